The van der Waals surface area contributed by atoms with Gasteiger partial charge in [0.2, 0.25) is 0 Å². The van der Waals surface area contributed by atoms with Gasteiger partial charge in [0, 0.05) is 18.9 Å². The van der Waals surface area contributed by atoms with Crippen LogP contribution in [0.1, 0.15) is 24.7 Å². The molecule has 2 atom stereocenters. The average molecular weight is 495 g/mol. The Hall–Kier alpha value is -3.41. The lowest BCUT2D eigenvalue weighted by atomic mass is 10.2. The maximum atomic E-state index is 13.6. The predicted octanol–water partition coefficient (Wildman–Crippen LogP) is 2.88. The normalized spacial score (nSPS) is 17.1. The topological polar surface area (TPSA) is 120 Å². The molecule has 10 nitrogen and oxygen atoms in total. The molecule has 0 amide bonds. The van der Waals surface area contributed by atoms with Crippen LogP contribution in [0.2, 0.25) is 5.02 Å². The van der Waals surface area contributed by atoms with Gasteiger partial charge in [-0.3, -0.25) is 4.79 Å². The minimum absolute atomic E-state index is 0.272. The standard InChI is InChI=1S/C22H19ClN8O2S/c1-34(33)15-11-25-19-17(15)21(27-12-26-19)29-9-4-5-14(29)20-28-30-10-7-13(23)18(30)22(32)31(20)16-6-2-3-8-24-16/h2-3,6-8,10-12,14H,4-5,9H2,1H3,(H,25,26,27)/t14-,34+/m0/s1. The highest BCUT2D eigenvalue weighted by molar-refractivity contribution is 7.91. The molecule has 0 saturated carbocycles. The molecule has 34 heavy (non-hydrogen) atoms. The van der Waals surface area contributed by atoms with Gasteiger partial charge in [-0.05, 0) is 42.2 Å². The van der Waals surface area contributed by atoms with E-state index in [1.807, 2.05) is 6.07 Å². The van der Waals surface area contributed by atoms with Crippen LogP contribution < -0.4 is 10.5 Å². The summed E-state index contributed by atoms with van der Waals surface area (Å²) < 4.78 is 15.5. The first-order chi connectivity index (χ1) is 16.5. The molecule has 0 radical (unpaired) electrons. The van der Waals surface area contributed by atoms with E-state index in [4.69, 9.17) is 16.7 Å². The monoisotopic (exact) mass is 494 g/mol. The first kappa shape index (κ1) is 21.1. The molecule has 0 aromatic carbocycles. The molecule has 0 aliphatic carbocycles. The van der Waals surface area contributed by atoms with Gasteiger partial charge in [-0.2, -0.15) is 5.10 Å². The largest absolute Gasteiger partial charge is 0.612 e. The lowest BCUT2D eigenvalue weighted by Gasteiger charge is -2.27. The SMILES string of the molecule is C[S@@+]([O-])c1c[nH]c2ncnc(N3CCC[C@H]3c3nn4ccc(Cl)c4c(=O)n3-c3ccccn3)c12. The summed E-state index contributed by atoms with van der Waals surface area (Å²) >= 11 is 5.09. The van der Waals surface area contributed by atoms with Crippen molar-refractivity contribution in [2.75, 3.05) is 17.7 Å². The number of H-pyrrole nitrogens is 1. The van der Waals surface area contributed by atoms with E-state index in [9.17, 15) is 9.35 Å². The van der Waals surface area contributed by atoms with Crippen molar-refractivity contribution in [3.63, 3.8) is 0 Å². The fraction of sp³-hybridized carbons (Fsp3) is 0.227. The highest BCUT2D eigenvalue weighted by Crippen LogP contribution is 2.39. The molecule has 172 valence electrons. The molecule has 0 unspecified atom stereocenters. The molecule has 1 aliphatic heterocycles. The maximum absolute atomic E-state index is 13.6. The number of hydrogen-bond acceptors (Lipinski definition) is 7. The van der Waals surface area contributed by atoms with Crippen LogP contribution in [0.15, 0.2) is 58.9 Å². The molecule has 0 spiro atoms. The highest BCUT2D eigenvalue weighted by Gasteiger charge is 2.35. The van der Waals surface area contributed by atoms with E-state index in [1.165, 1.54) is 15.4 Å². The van der Waals surface area contributed by atoms with E-state index in [1.54, 1.807) is 43.0 Å². The second-order valence-corrected chi connectivity index (χ2v) is 9.78. The van der Waals surface area contributed by atoms with Crippen molar-refractivity contribution < 1.29 is 4.55 Å². The van der Waals surface area contributed by atoms with Crippen LogP contribution in [0, 0.1) is 0 Å². The van der Waals surface area contributed by atoms with E-state index < -0.39 is 11.2 Å². The van der Waals surface area contributed by atoms with E-state index >= 15 is 0 Å². The lowest BCUT2D eigenvalue weighted by Crippen LogP contribution is -2.33. The van der Waals surface area contributed by atoms with Gasteiger partial charge in [0.25, 0.3) is 5.56 Å². The molecule has 1 aliphatic rings. The third-order valence-electron chi connectivity index (χ3n) is 6.09. The van der Waals surface area contributed by atoms with Gasteiger partial charge in [-0.25, -0.2) is 24.0 Å². The number of aromatic nitrogens is 7. The van der Waals surface area contributed by atoms with Crippen LogP contribution in [-0.4, -0.2) is 51.5 Å². The molecule has 6 heterocycles. The summed E-state index contributed by atoms with van der Waals surface area (Å²) in [5.74, 6) is 1.65. The minimum Gasteiger partial charge on any atom is -0.612 e. The second-order valence-electron chi connectivity index (χ2n) is 8.02. The van der Waals surface area contributed by atoms with Gasteiger partial charge in [0.05, 0.1) is 17.3 Å². The van der Waals surface area contributed by atoms with E-state index in [0.29, 0.717) is 50.5 Å². The maximum Gasteiger partial charge on any atom is 0.285 e. The fourth-order valence-corrected chi connectivity index (χ4v) is 5.55. The molecule has 1 saturated heterocycles. The zero-order valence-electron chi connectivity index (χ0n) is 18.1. The summed E-state index contributed by atoms with van der Waals surface area (Å²) in [7, 11) is 0. The molecular formula is C22H19ClN8O2S. The molecule has 5 aromatic rings. The first-order valence-corrected chi connectivity index (χ1v) is 12.6. The van der Waals surface area contributed by atoms with Gasteiger partial charge in [0.1, 0.15) is 40.8 Å². The Bertz CT molecular complexity index is 1580. The van der Waals surface area contributed by atoms with Crippen molar-refractivity contribution in [3.8, 4) is 5.82 Å². The number of aromatic amines is 1. The Morgan fingerprint density at radius 2 is 2.12 bits per heavy atom. The summed E-state index contributed by atoms with van der Waals surface area (Å²) in [5.41, 5.74) is 0.610. The predicted molar refractivity (Wildman–Crippen MR) is 129 cm³/mol. The molecule has 6 rings (SSSR count). The Morgan fingerprint density at radius 1 is 1.24 bits per heavy atom. The Morgan fingerprint density at radius 3 is 2.91 bits per heavy atom. The van der Waals surface area contributed by atoms with Crippen LogP contribution in [0.3, 0.4) is 0 Å². The smallest absolute Gasteiger partial charge is 0.285 e. The van der Waals surface area contributed by atoms with Crippen LogP contribution in [-0.2, 0) is 11.2 Å². The zero-order valence-corrected chi connectivity index (χ0v) is 19.6. The third-order valence-corrected chi connectivity index (χ3v) is 7.33. The Labute approximate surface area is 201 Å². The van der Waals surface area contributed by atoms with Gasteiger partial charge >= 0.3 is 0 Å². The van der Waals surface area contributed by atoms with Gasteiger partial charge in [-0.15, -0.1) is 0 Å². The number of halogens is 1. The number of nitrogens with zero attached hydrogens (tertiary/aromatic N) is 7. The van der Waals surface area contributed by atoms with Crippen molar-refractivity contribution in [3.05, 3.63) is 70.4 Å². The summed E-state index contributed by atoms with van der Waals surface area (Å²) in [4.78, 5) is 32.8. The first-order valence-electron chi connectivity index (χ1n) is 10.7. The molecule has 1 fully saturated rings. The number of anilines is 1. The van der Waals surface area contributed by atoms with E-state index in [0.717, 1.165) is 12.8 Å². The van der Waals surface area contributed by atoms with Crippen molar-refractivity contribution >= 4 is 45.1 Å². The average Bonchev–Trinajstić information content (AvgIpc) is 3.57. The summed E-state index contributed by atoms with van der Waals surface area (Å²) in [6, 6.07) is 6.77. The van der Waals surface area contributed by atoms with Crippen LogP contribution in [0.25, 0.3) is 22.4 Å². The Kier molecular flexibility index (Phi) is 5.05. The molecule has 5 aromatic heterocycles. The summed E-state index contributed by atoms with van der Waals surface area (Å²) in [6.07, 6.45) is 9.76. The van der Waals surface area contributed by atoms with Gasteiger partial charge in [0.15, 0.2) is 10.7 Å². The quantitative estimate of drug-likeness (QED) is 0.381. The van der Waals surface area contributed by atoms with Crippen LogP contribution in [0.5, 0.6) is 0 Å². The number of fused-ring (bicyclic) bond motifs is 2. The summed E-state index contributed by atoms with van der Waals surface area (Å²) in [5, 5.41) is 5.86. The second kappa shape index (κ2) is 8.12. The molecule has 12 heteroatoms. The van der Waals surface area contributed by atoms with Crippen molar-refractivity contribution in [1.82, 2.24) is 34.1 Å². The van der Waals surface area contributed by atoms with E-state index in [-0.39, 0.29) is 11.6 Å². The van der Waals surface area contributed by atoms with Crippen molar-refractivity contribution in [2.24, 2.45) is 0 Å². The number of pyridine rings is 1. The van der Waals surface area contributed by atoms with Crippen LogP contribution >= 0.6 is 11.6 Å². The van der Waals surface area contributed by atoms with Gasteiger partial charge < -0.3 is 14.4 Å². The van der Waals surface area contributed by atoms with Gasteiger partial charge in [-0.1, -0.05) is 17.7 Å². The minimum atomic E-state index is -1.23. The molecular weight excluding hydrogens is 476 g/mol. The van der Waals surface area contributed by atoms with Crippen molar-refractivity contribution in [2.45, 2.75) is 23.8 Å². The summed E-state index contributed by atoms with van der Waals surface area (Å²) in [6.45, 7) is 0.695. The highest BCUT2D eigenvalue weighted by atomic mass is 35.5. The third kappa shape index (κ3) is 3.19. The Balaban J connectivity index is 1.59. The lowest BCUT2D eigenvalue weighted by molar-refractivity contribution is 0.597. The van der Waals surface area contributed by atoms with Crippen LogP contribution in [0.4, 0.5) is 5.82 Å². The van der Waals surface area contributed by atoms with E-state index in [2.05, 4.69) is 24.8 Å². The zero-order chi connectivity index (χ0) is 23.4. The molecule has 1 N–H and O–H groups in total. The number of nitrogens with one attached hydrogen (secondary N) is 1. The van der Waals surface area contributed by atoms with Crippen molar-refractivity contribution in [1.29, 1.82) is 0 Å². The number of hydrogen-bond donors (Lipinski definition) is 1. The fourth-order valence-electron chi connectivity index (χ4n) is 4.62. The molecule has 0 bridgehead atoms. The number of rotatable bonds is 4.